The zero-order valence-electron chi connectivity index (χ0n) is 12.3. The lowest BCUT2D eigenvalue weighted by Crippen LogP contribution is -2.31. The second-order valence-electron chi connectivity index (χ2n) is 5.87. The summed E-state index contributed by atoms with van der Waals surface area (Å²) in [6.45, 7) is 3.22. The maximum atomic E-state index is 11.9. The van der Waals surface area contributed by atoms with Gasteiger partial charge >= 0.3 is 5.69 Å². The van der Waals surface area contributed by atoms with Crippen molar-refractivity contribution < 1.29 is 4.79 Å². The molecule has 5 nitrogen and oxygen atoms in total. The predicted molar refractivity (Wildman–Crippen MR) is 82.1 cm³/mol. The number of aryl methyl sites for hydroxylation is 1. The molecule has 1 aromatic heterocycles. The number of hydrogen-bond donors (Lipinski definition) is 2. The largest absolute Gasteiger partial charge is 0.356 e. The monoisotopic (exact) mass is 287 g/mol. The Balaban J connectivity index is 1.53. The van der Waals surface area contributed by atoms with Crippen LogP contribution in [0.4, 0.5) is 0 Å². The van der Waals surface area contributed by atoms with Crippen LogP contribution in [0.1, 0.15) is 26.2 Å². The summed E-state index contributed by atoms with van der Waals surface area (Å²) >= 11 is 0. The van der Waals surface area contributed by atoms with Crippen molar-refractivity contribution in [1.29, 1.82) is 0 Å². The van der Waals surface area contributed by atoms with Crippen molar-refractivity contribution >= 4 is 16.9 Å². The van der Waals surface area contributed by atoms with Crippen molar-refractivity contribution in [3.8, 4) is 0 Å². The number of imidazole rings is 1. The van der Waals surface area contributed by atoms with Crippen molar-refractivity contribution in [3.05, 3.63) is 34.7 Å². The third-order valence-corrected chi connectivity index (χ3v) is 4.28. The predicted octanol–water partition coefficient (Wildman–Crippen LogP) is 1.88. The van der Waals surface area contributed by atoms with Crippen LogP contribution in [0.25, 0.3) is 11.0 Å². The SMILES string of the molecule is CC(C(=O)NCCCn1c(=O)[nH]c2ccccc21)C1CC1. The van der Waals surface area contributed by atoms with Crippen LogP contribution in [0.5, 0.6) is 0 Å². The Labute approximate surface area is 123 Å². The highest BCUT2D eigenvalue weighted by molar-refractivity contribution is 5.78. The number of carbonyl (C=O) groups is 1. The average Bonchev–Trinajstić information content (AvgIpc) is 3.27. The molecule has 5 heteroatoms. The third kappa shape index (κ3) is 3.01. The lowest BCUT2D eigenvalue weighted by atomic mass is 10.1. The number of nitrogens with one attached hydrogen (secondary N) is 2. The van der Waals surface area contributed by atoms with Crippen LogP contribution in [-0.2, 0) is 11.3 Å². The topological polar surface area (TPSA) is 66.9 Å². The first-order valence-electron chi connectivity index (χ1n) is 7.62. The summed E-state index contributed by atoms with van der Waals surface area (Å²) in [7, 11) is 0. The molecule has 0 radical (unpaired) electrons. The fraction of sp³-hybridized carbons (Fsp3) is 0.500. The van der Waals surface area contributed by atoms with Crippen molar-refractivity contribution in [2.24, 2.45) is 11.8 Å². The number of hydrogen-bond acceptors (Lipinski definition) is 2. The van der Waals surface area contributed by atoms with E-state index in [2.05, 4.69) is 10.3 Å². The van der Waals surface area contributed by atoms with Crippen molar-refractivity contribution in [2.75, 3.05) is 6.54 Å². The molecule has 1 saturated carbocycles. The molecule has 1 aromatic carbocycles. The maximum absolute atomic E-state index is 11.9. The summed E-state index contributed by atoms with van der Waals surface area (Å²) in [6.07, 6.45) is 3.11. The number of rotatable bonds is 6. The Bertz CT molecular complexity index is 697. The number of nitrogens with zero attached hydrogens (tertiary/aromatic N) is 1. The number of H-pyrrole nitrogens is 1. The van der Waals surface area contributed by atoms with E-state index in [4.69, 9.17) is 0 Å². The summed E-state index contributed by atoms with van der Waals surface area (Å²) in [5, 5.41) is 2.97. The zero-order chi connectivity index (χ0) is 14.8. The van der Waals surface area contributed by atoms with Gasteiger partial charge in [0.15, 0.2) is 0 Å². The summed E-state index contributed by atoms with van der Waals surface area (Å²) in [5.74, 6) is 0.853. The molecule has 2 N–H and O–H groups in total. The fourth-order valence-corrected chi connectivity index (χ4v) is 2.75. The highest BCUT2D eigenvalue weighted by atomic mass is 16.2. The second-order valence-corrected chi connectivity index (χ2v) is 5.87. The molecule has 1 amide bonds. The van der Waals surface area contributed by atoms with Crippen molar-refractivity contribution in [2.45, 2.75) is 32.7 Å². The molecule has 2 aromatic rings. The highest BCUT2D eigenvalue weighted by Crippen LogP contribution is 2.36. The van der Waals surface area contributed by atoms with Gasteiger partial charge in [0.25, 0.3) is 0 Å². The molecule has 1 unspecified atom stereocenters. The summed E-state index contributed by atoms with van der Waals surface area (Å²) in [5.41, 5.74) is 1.68. The lowest BCUT2D eigenvalue weighted by molar-refractivity contribution is -0.125. The first-order chi connectivity index (χ1) is 10.2. The van der Waals surface area contributed by atoms with Crippen LogP contribution in [0.3, 0.4) is 0 Å². The van der Waals surface area contributed by atoms with Gasteiger partial charge in [0.2, 0.25) is 5.91 Å². The molecule has 21 heavy (non-hydrogen) atoms. The van der Waals surface area contributed by atoms with E-state index in [0.29, 0.717) is 19.0 Å². The molecule has 1 fully saturated rings. The van der Waals surface area contributed by atoms with Crippen LogP contribution in [0.15, 0.2) is 29.1 Å². The second kappa shape index (κ2) is 5.76. The first-order valence-corrected chi connectivity index (χ1v) is 7.62. The van der Waals surface area contributed by atoms with E-state index in [1.807, 2.05) is 31.2 Å². The minimum atomic E-state index is -0.0890. The number of carbonyl (C=O) groups excluding carboxylic acids is 1. The van der Waals surface area contributed by atoms with Gasteiger partial charge in [-0.15, -0.1) is 0 Å². The summed E-state index contributed by atoms with van der Waals surface area (Å²) in [4.78, 5) is 26.6. The van der Waals surface area contributed by atoms with Crippen LogP contribution in [0, 0.1) is 11.8 Å². The Kier molecular flexibility index (Phi) is 3.82. The van der Waals surface area contributed by atoms with E-state index in [1.165, 1.54) is 12.8 Å². The minimum Gasteiger partial charge on any atom is -0.356 e. The number of fused-ring (bicyclic) bond motifs is 1. The first kappa shape index (κ1) is 13.9. The molecule has 0 spiro atoms. The van der Waals surface area contributed by atoms with Crippen molar-refractivity contribution in [1.82, 2.24) is 14.9 Å². The molecule has 0 saturated heterocycles. The van der Waals surface area contributed by atoms with E-state index in [1.54, 1.807) is 4.57 Å². The van der Waals surface area contributed by atoms with Gasteiger partial charge in [0, 0.05) is 19.0 Å². The number of aromatic nitrogens is 2. The molecule has 0 bridgehead atoms. The number of aromatic amines is 1. The smallest absolute Gasteiger partial charge is 0.326 e. The molecular formula is C16H21N3O2. The standard InChI is InChI=1S/C16H21N3O2/c1-11(12-7-8-12)15(20)17-9-4-10-19-14-6-3-2-5-13(14)18-16(19)21/h2-3,5-6,11-12H,4,7-10H2,1H3,(H,17,20)(H,18,21). The minimum absolute atomic E-state index is 0.0890. The average molecular weight is 287 g/mol. The summed E-state index contributed by atoms with van der Waals surface area (Å²) < 4.78 is 1.73. The summed E-state index contributed by atoms with van der Waals surface area (Å²) in [6, 6.07) is 7.65. The zero-order valence-corrected chi connectivity index (χ0v) is 12.3. The third-order valence-electron chi connectivity index (χ3n) is 4.28. The van der Waals surface area contributed by atoms with Crippen LogP contribution in [-0.4, -0.2) is 22.0 Å². The molecular weight excluding hydrogens is 266 g/mol. The van der Waals surface area contributed by atoms with E-state index >= 15 is 0 Å². The van der Waals surface area contributed by atoms with Crippen molar-refractivity contribution in [3.63, 3.8) is 0 Å². The Morgan fingerprint density at radius 1 is 1.43 bits per heavy atom. The van der Waals surface area contributed by atoms with E-state index < -0.39 is 0 Å². The Morgan fingerprint density at radius 2 is 2.19 bits per heavy atom. The van der Waals surface area contributed by atoms with E-state index in [0.717, 1.165) is 17.5 Å². The molecule has 3 rings (SSSR count). The number of amides is 1. The van der Waals surface area contributed by atoms with E-state index in [9.17, 15) is 9.59 Å². The van der Waals surface area contributed by atoms with Gasteiger partial charge in [-0.2, -0.15) is 0 Å². The van der Waals surface area contributed by atoms with E-state index in [-0.39, 0.29) is 17.5 Å². The number of benzene rings is 1. The molecule has 1 heterocycles. The van der Waals surface area contributed by atoms with Gasteiger partial charge in [-0.05, 0) is 37.3 Å². The molecule has 112 valence electrons. The Hall–Kier alpha value is -2.04. The van der Waals surface area contributed by atoms with Gasteiger partial charge in [-0.3, -0.25) is 9.36 Å². The molecule has 1 aliphatic rings. The van der Waals surface area contributed by atoms with Gasteiger partial charge < -0.3 is 10.3 Å². The van der Waals surface area contributed by atoms with Gasteiger partial charge in [-0.1, -0.05) is 19.1 Å². The van der Waals surface area contributed by atoms with Gasteiger partial charge in [0.05, 0.1) is 11.0 Å². The quantitative estimate of drug-likeness (QED) is 0.797. The normalized spacial score (nSPS) is 16.0. The molecule has 0 aliphatic heterocycles. The molecule has 1 aliphatic carbocycles. The maximum Gasteiger partial charge on any atom is 0.326 e. The Morgan fingerprint density at radius 3 is 2.95 bits per heavy atom. The van der Waals surface area contributed by atoms with Crippen LogP contribution >= 0.6 is 0 Å². The van der Waals surface area contributed by atoms with Gasteiger partial charge in [0.1, 0.15) is 0 Å². The highest BCUT2D eigenvalue weighted by Gasteiger charge is 2.32. The number of para-hydroxylation sites is 2. The van der Waals surface area contributed by atoms with Crippen LogP contribution < -0.4 is 11.0 Å². The fourth-order valence-electron chi connectivity index (χ4n) is 2.75. The lowest BCUT2D eigenvalue weighted by Gasteiger charge is -2.11. The molecule has 1 atom stereocenters. The van der Waals surface area contributed by atoms with Gasteiger partial charge in [-0.25, -0.2) is 4.79 Å². The van der Waals surface area contributed by atoms with Crippen LogP contribution in [0.2, 0.25) is 0 Å².